The highest BCUT2D eigenvalue weighted by molar-refractivity contribution is 5.79. The van der Waals surface area contributed by atoms with Crippen molar-refractivity contribution in [2.45, 2.75) is 25.0 Å². The third-order valence-corrected chi connectivity index (χ3v) is 2.27. The summed E-state index contributed by atoms with van der Waals surface area (Å²) >= 11 is 0. The molecule has 3 nitrogen and oxygen atoms in total. The van der Waals surface area contributed by atoms with Crippen molar-refractivity contribution < 1.29 is 9.90 Å². The summed E-state index contributed by atoms with van der Waals surface area (Å²) in [6.45, 7) is 0. The first kappa shape index (κ1) is 5.23. The molecule has 0 aromatic heterocycles. The van der Waals surface area contributed by atoms with Crippen LogP contribution in [-0.2, 0) is 4.79 Å². The number of aliphatic hydroxyl groups is 1. The van der Waals surface area contributed by atoms with Gasteiger partial charge in [0.2, 0.25) is 5.91 Å². The van der Waals surface area contributed by atoms with E-state index in [0.717, 1.165) is 6.42 Å². The Balaban J connectivity index is 2.08. The maximum atomic E-state index is 10.6. The minimum Gasteiger partial charge on any atom is -0.393 e. The molecule has 1 aliphatic carbocycles. The van der Waals surface area contributed by atoms with E-state index in [-0.39, 0.29) is 17.9 Å². The smallest absolute Gasteiger partial charge is 0.220 e. The fraction of sp³-hybridized carbons (Fsp3) is 0.833. The van der Waals surface area contributed by atoms with Gasteiger partial charge in [0.15, 0.2) is 0 Å². The summed E-state index contributed by atoms with van der Waals surface area (Å²) < 4.78 is 0. The summed E-state index contributed by atoms with van der Waals surface area (Å²) in [4.78, 5) is 10.6. The van der Waals surface area contributed by atoms with Crippen LogP contribution in [0.3, 0.4) is 0 Å². The van der Waals surface area contributed by atoms with Crippen molar-refractivity contribution in [3.05, 3.63) is 0 Å². The Hall–Kier alpha value is -0.570. The largest absolute Gasteiger partial charge is 0.393 e. The van der Waals surface area contributed by atoms with Gasteiger partial charge in [0.1, 0.15) is 0 Å². The van der Waals surface area contributed by atoms with Crippen molar-refractivity contribution in [2.75, 3.05) is 0 Å². The Morgan fingerprint density at radius 3 is 2.89 bits per heavy atom. The second-order valence-electron chi connectivity index (χ2n) is 2.85. The van der Waals surface area contributed by atoms with Crippen LogP contribution < -0.4 is 5.32 Å². The minimum atomic E-state index is -0.214. The Bertz CT molecular complexity index is 157. The van der Waals surface area contributed by atoms with Gasteiger partial charge in [-0.05, 0) is 6.42 Å². The molecule has 1 amide bonds. The van der Waals surface area contributed by atoms with Crippen LogP contribution >= 0.6 is 0 Å². The van der Waals surface area contributed by atoms with Crippen LogP contribution in [0.25, 0.3) is 0 Å². The molecule has 0 aromatic rings. The summed E-state index contributed by atoms with van der Waals surface area (Å²) in [5.74, 6) is 0.332. The van der Waals surface area contributed by atoms with Gasteiger partial charge >= 0.3 is 0 Å². The third-order valence-electron chi connectivity index (χ3n) is 2.27. The SMILES string of the molecule is O=C1CC2C(O)CC2N1. The van der Waals surface area contributed by atoms with Gasteiger partial charge in [-0.1, -0.05) is 0 Å². The van der Waals surface area contributed by atoms with Crippen molar-refractivity contribution in [1.29, 1.82) is 0 Å². The van der Waals surface area contributed by atoms with Gasteiger partial charge in [-0.25, -0.2) is 0 Å². The summed E-state index contributed by atoms with van der Waals surface area (Å²) in [5.41, 5.74) is 0. The number of carbonyl (C=O) groups excluding carboxylic acids is 1. The normalized spacial score (nSPS) is 47.7. The van der Waals surface area contributed by atoms with Crippen LogP contribution in [0.5, 0.6) is 0 Å². The number of hydrogen-bond acceptors (Lipinski definition) is 2. The van der Waals surface area contributed by atoms with Crippen molar-refractivity contribution in [1.82, 2.24) is 5.32 Å². The van der Waals surface area contributed by atoms with Gasteiger partial charge in [0.25, 0.3) is 0 Å². The number of amides is 1. The molecule has 3 heteroatoms. The Morgan fingerprint density at radius 1 is 1.67 bits per heavy atom. The average Bonchev–Trinajstić information content (AvgIpc) is 2.08. The summed E-state index contributed by atoms with van der Waals surface area (Å²) in [6, 6.07) is 0.299. The zero-order valence-corrected chi connectivity index (χ0v) is 5.00. The van der Waals surface area contributed by atoms with Crippen molar-refractivity contribution >= 4 is 5.91 Å². The average molecular weight is 127 g/mol. The predicted octanol–water partition coefficient (Wildman–Crippen LogP) is -0.744. The number of carbonyl (C=O) groups is 1. The third kappa shape index (κ3) is 0.580. The van der Waals surface area contributed by atoms with E-state index in [0.29, 0.717) is 12.5 Å². The highest BCUT2D eigenvalue weighted by atomic mass is 16.3. The Kier molecular flexibility index (Phi) is 0.858. The number of rotatable bonds is 0. The van der Waals surface area contributed by atoms with E-state index in [1.165, 1.54) is 0 Å². The maximum Gasteiger partial charge on any atom is 0.220 e. The minimum absolute atomic E-state index is 0.0987. The van der Waals surface area contributed by atoms with Gasteiger partial charge in [-0.3, -0.25) is 4.79 Å². The molecule has 2 rings (SSSR count). The Morgan fingerprint density at radius 2 is 2.44 bits per heavy atom. The Labute approximate surface area is 53.1 Å². The van der Waals surface area contributed by atoms with Crippen LogP contribution in [0.15, 0.2) is 0 Å². The van der Waals surface area contributed by atoms with Crippen molar-refractivity contribution in [2.24, 2.45) is 5.92 Å². The lowest BCUT2D eigenvalue weighted by molar-refractivity contribution is -0.119. The molecule has 1 aliphatic heterocycles. The molecule has 1 heterocycles. The molecule has 2 aliphatic rings. The highest BCUT2D eigenvalue weighted by Crippen LogP contribution is 2.34. The van der Waals surface area contributed by atoms with E-state index < -0.39 is 0 Å². The van der Waals surface area contributed by atoms with Crippen molar-refractivity contribution in [3.63, 3.8) is 0 Å². The molecule has 0 bridgehead atoms. The van der Waals surface area contributed by atoms with E-state index in [1.807, 2.05) is 0 Å². The number of aliphatic hydroxyl groups excluding tert-OH is 1. The standard InChI is InChI=1S/C6H9NO2/c8-5-2-4-3(5)1-6(9)7-4/h3-5,8H,1-2H2,(H,7,9). The number of hydrogen-bond donors (Lipinski definition) is 2. The molecule has 1 saturated heterocycles. The van der Waals surface area contributed by atoms with Gasteiger partial charge in [0, 0.05) is 18.4 Å². The first-order valence-corrected chi connectivity index (χ1v) is 3.25. The zero-order chi connectivity index (χ0) is 6.43. The van der Waals surface area contributed by atoms with Gasteiger partial charge < -0.3 is 10.4 Å². The lowest BCUT2D eigenvalue weighted by atomic mass is 9.78. The molecule has 0 radical (unpaired) electrons. The summed E-state index contributed by atoms with van der Waals surface area (Å²) in [6.07, 6.45) is 1.08. The van der Waals surface area contributed by atoms with E-state index in [9.17, 15) is 4.79 Å². The van der Waals surface area contributed by atoms with Crippen LogP contribution in [0, 0.1) is 5.92 Å². The lowest BCUT2D eigenvalue weighted by Crippen LogP contribution is -2.47. The highest BCUT2D eigenvalue weighted by Gasteiger charge is 2.46. The fourth-order valence-electron chi connectivity index (χ4n) is 1.61. The van der Waals surface area contributed by atoms with Crippen molar-refractivity contribution in [3.8, 4) is 0 Å². The molecule has 50 valence electrons. The fourth-order valence-corrected chi connectivity index (χ4v) is 1.61. The van der Waals surface area contributed by atoms with Crippen LogP contribution in [-0.4, -0.2) is 23.2 Å². The quantitative estimate of drug-likeness (QED) is 0.450. The molecular formula is C6H9NO2. The number of nitrogens with one attached hydrogen (secondary N) is 1. The van der Waals surface area contributed by atoms with E-state index in [4.69, 9.17) is 5.11 Å². The zero-order valence-electron chi connectivity index (χ0n) is 5.00. The molecule has 2 N–H and O–H groups in total. The van der Waals surface area contributed by atoms with Gasteiger partial charge in [-0.15, -0.1) is 0 Å². The predicted molar refractivity (Wildman–Crippen MR) is 30.7 cm³/mol. The van der Waals surface area contributed by atoms with E-state index in [2.05, 4.69) is 5.32 Å². The monoisotopic (exact) mass is 127 g/mol. The molecule has 3 unspecified atom stereocenters. The second kappa shape index (κ2) is 1.48. The molecular weight excluding hydrogens is 118 g/mol. The molecule has 0 spiro atoms. The summed E-state index contributed by atoms with van der Waals surface area (Å²) in [7, 11) is 0. The first-order chi connectivity index (χ1) is 4.27. The van der Waals surface area contributed by atoms with E-state index >= 15 is 0 Å². The topological polar surface area (TPSA) is 49.3 Å². The van der Waals surface area contributed by atoms with Gasteiger partial charge in [-0.2, -0.15) is 0 Å². The molecule has 2 fully saturated rings. The van der Waals surface area contributed by atoms with Crippen LogP contribution in [0.2, 0.25) is 0 Å². The van der Waals surface area contributed by atoms with Gasteiger partial charge in [0.05, 0.1) is 6.10 Å². The first-order valence-electron chi connectivity index (χ1n) is 3.25. The lowest BCUT2D eigenvalue weighted by Gasteiger charge is -2.34. The molecule has 3 atom stereocenters. The second-order valence-corrected chi connectivity index (χ2v) is 2.85. The summed E-state index contributed by atoms with van der Waals surface area (Å²) in [5, 5.41) is 11.8. The van der Waals surface area contributed by atoms with Crippen LogP contribution in [0.4, 0.5) is 0 Å². The maximum absolute atomic E-state index is 10.6. The molecule has 0 aromatic carbocycles. The number of fused-ring (bicyclic) bond motifs is 1. The molecule has 9 heavy (non-hydrogen) atoms. The molecule has 1 saturated carbocycles. The van der Waals surface area contributed by atoms with Crippen LogP contribution in [0.1, 0.15) is 12.8 Å². The van der Waals surface area contributed by atoms with E-state index in [1.54, 1.807) is 0 Å².